The molecule has 0 N–H and O–H groups in total. The number of rotatable bonds is 9. The summed E-state index contributed by atoms with van der Waals surface area (Å²) in [5, 5.41) is 0. The van der Waals surface area contributed by atoms with E-state index in [-0.39, 0.29) is 0 Å². The molecule has 0 heterocycles. The maximum atomic E-state index is 12.1. The summed E-state index contributed by atoms with van der Waals surface area (Å²) >= 11 is 0. The average molecular weight is 385 g/mol. The van der Waals surface area contributed by atoms with Crippen LogP contribution in [0.5, 0.6) is 0 Å². The van der Waals surface area contributed by atoms with Crippen LogP contribution in [0.3, 0.4) is 0 Å². The molecule has 2 atom stereocenters. The number of hydrogen-bond donors (Lipinski definition) is 0. The second-order valence-corrected chi connectivity index (χ2v) is 13.0. The lowest BCUT2D eigenvalue weighted by molar-refractivity contribution is 0.120. The predicted molar refractivity (Wildman–Crippen MR) is 113 cm³/mol. The minimum atomic E-state index is -2.93. The van der Waals surface area contributed by atoms with Crippen LogP contribution in [0.25, 0.3) is 0 Å². The van der Waals surface area contributed by atoms with E-state index in [0.29, 0.717) is 5.75 Å². The average Bonchev–Trinajstić information content (AvgIpc) is 2.61. The van der Waals surface area contributed by atoms with Gasteiger partial charge in [-0.05, 0) is 51.4 Å². The molecular formula is C23H44O2S. The van der Waals surface area contributed by atoms with Gasteiger partial charge in [0.2, 0.25) is 0 Å². The van der Waals surface area contributed by atoms with Crippen LogP contribution >= 0.6 is 0 Å². The molecule has 2 nitrogen and oxygen atoms in total. The van der Waals surface area contributed by atoms with Crippen molar-refractivity contribution in [3.63, 3.8) is 0 Å². The van der Waals surface area contributed by atoms with Gasteiger partial charge in [0, 0.05) is 0 Å². The Bertz CT molecular complexity index is 483. The Morgan fingerprint density at radius 2 is 1.31 bits per heavy atom. The van der Waals surface area contributed by atoms with Crippen molar-refractivity contribution in [2.24, 2.45) is 17.8 Å². The second-order valence-electron chi connectivity index (χ2n) is 10.1. The highest BCUT2D eigenvalue weighted by Crippen LogP contribution is 2.43. The lowest BCUT2D eigenvalue weighted by Crippen LogP contribution is -2.30. The van der Waals surface area contributed by atoms with Crippen molar-refractivity contribution in [1.82, 2.24) is 0 Å². The molecule has 26 heavy (non-hydrogen) atoms. The Balaban J connectivity index is 1.61. The van der Waals surface area contributed by atoms with Gasteiger partial charge in [-0.1, -0.05) is 83.5 Å². The van der Waals surface area contributed by atoms with Gasteiger partial charge in [-0.2, -0.15) is 0 Å². The molecule has 0 bridgehead atoms. The van der Waals surface area contributed by atoms with Crippen molar-refractivity contribution in [3.05, 3.63) is 0 Å². The third-order valence-corrected chi connectivity index (χ3v) is 9.84. The van der Waals surface area contributed by atoms with Crippen LogP contribution in [0.1, 0.15) is 117 Å². The van der Waals surface area contributed by atoms with E-state index in [1.165, 1.54) is 83.5 Å². The molecule has 2 aliphatic carbocycles. The van der Waals surface area contributed by atoms with Gasteiger partial charge in [0.15, 0.2) is 9.84 Å². The zero-order valence-corrected chi connectivity index (χ0v) is 18.6. The molecule has 2 rings (SSSR count). The Morgan fingerprint density at radius 1 is 0.731 bits per heavy atom. The standard InChI is InChI=1S/C23H44O2S/c1-23(2,3)26(24,25)19-13-6-4-5-8-14-21-17-11-12-18-22(21)20-15-9-7-10-16-20/h20-22H,4-19H2,1-3H3. The van der Waals surface area contributed by atoms with Gasteiger partial charge in [0.05, 0.1) is 10.5 Å². The van der Waals surface area contributed by atoms with E-state index in [2.05, 4.69) is 0 Å². The molecule has 154 valence electrons. The summed E-state index contributed by atoms with van der Waals surface area (Å²) in [4.78, 5) is 0. The summed E-state index contributed by atoms with van der Waals surface area (Å²) in [5.74, 6) is 3.42. The largest absolute Gasteiger partial charge is 0.228 e. The van der Waals surface area contributed by atoms with E-state index in [9.17, 15) is 8.42 Å². The molecule has 2 fully saturated rings. The highest BCUT2D eigenvalue weighted by Gasteiger charge is 2.32. The number of hydrogen-bond acceptors (Lipinski definition) is 2. The lowest BCUT2D eigenvalue weighted by atomic mass is 9.67. The van der Waals surface area contributed by atoms with Gasteiger partial charge < -0.3 is 0 Å². The van der Waals surface area contributed by atoms with Crippen molar-refractivity contribution in [2.75, 3.05) is 5.75 Å². The van der Waals surface area contributed by atoms with E-state index in [0.717, 1.165) is 30.6 Å². The molecule has 0 radical (unpaired) electrons. The number of unbranched alkanes of at least 4 members (excludes halogenated alkanes) is 4. The first kappa shape index (κ1) is 22.2. The predicted octanol–water partition coefficient (Wildman–Crippen LogP) is 6.93. The monoisotopic (exact) mass is 384 g/mol. The fourth-order valence-electron chi connectivity index (χ4n) is 5.31. The first-order chi connectivity index (χ1) is 12.3. The first-order valence-electron chi connectivity index (χ1n) is 11.5. The molecule has 0 aromatic heterocycles. The third kappa shape index (κ3) is 6.84. The zero-order chi connectivity index (χ0) is 19.0. The highest BCUT2D eigenvalue weighted by molar-refractivity contribution is 7.92. The molecule has 0 aromatic carbocycles. The molecule has 2 aliphatic rings. The summed E-state index contributed by atoms with van der Waals surface area (Å²) in [6.45, 7) is 5.44. The van der Waals surface area contributed by atoms with E-state index in [1.54, 1.807) is 0 Å². The summed E-state index contributed by atoms with van der Waals surface area (Å²) in [5.41, 5.74) is 0. The third-order valence-electron chi connectivity index (χ3n) is 7.14. The van der Waals surface area contributed by atoms with Crippen molar-refractivity contribution in [1.29, 1.82) is 0 Å². The quantitative estimate of drug-likeness (QED) is 0.404. The topological polar surface area (TPSA) is 34.1 Å². The summed E-state index contributed by atoms with van der Waals surface area (Å²) < 4.78 is 23.7. The zero-order valence-electron chi connectivity index (χ0n) is 17.8. The van der Waals surface area contributed by atoms with Crippen LogP contribution in [0.2, 0.25) is 0 Å². The normalized spacial score (nSPS) is 26.1. The van der Waals surface area contributed by atoms with Crippen LogP contribution in [0.15, 0.2) is 0 Å². The molecule has 0 aromatic rings. The number of sulfone groups is 1. The van der Waals surface area contributed by atoms with Crippen LogP contribution in [-0.4, -0.2) is 18.9 Å². The minimum Gasteiger partial charge on any atom is -0.228 e. The van der Waals surface area contributed by atoms with Gasteiger partial charge >= 0.3 is 0 Å². The molecular weight excluding hydrogens is 340 g/mol. The molecule has 0 saturated heterocycles. The van der Waals surface area contributed by atoms with Crippen molar-refractivity contribution < 1.29 is 8.42 Å². The fourth-order valence-corrected chi connectivity index (χ4v) is 6.51. The van der Waals surface area contributed by atoms with Gasteiger partial charge in [-0.15, -0.1) is 0 Å². The summed E-state index contributed by atoms with van der Waals surface area (Å²) in [6.07, 6.45) is 20.6. The summed E-state index contributed by atoms with van der Waals surface area (Å²) in [6, 6.07) is 0. The van der Waals surface area contributed by atoms with Crippen molar-refractivity contribution in [3.8, 4) is 0 Å². The van der Waals surface area contributed by atoms with E-state index < -0.39 is 14.6 Å². The molecule has 0 spiro atoms. The van der Waals surface area contributed by atoms with Gasteiger partial charge in [0.1, 0.15) is 0 Å². The Morgan fingerprint density at radius 3 is 2.00 bits per heavy atom. The van der Waals surface area contributed by atoms with Crippen LogP contribution in [0.4, 0.5) is 0 Å². The maximum Gasteiger partial charge on any atom is 0.155 e. The van der Waals surface area contributed by atoms with E-state index in [4.69, 9.17) is 0 Å². The molecule has 3 heteroatoms. The van der Waals surface area contributed by atoms with E-state index >= 15 is 0 Å². The van der Waals surface area contributed by atoms with Crippen LogP contribution < -0.4 is 0 Å². The SMILES string of the molecule is CC(C)(C)S(=O)(=O)CCCCCCCC1CCCCC1C1CCCCC1. The molecule has 2 unspecified atom stereocenters. The first-order valence-corrected chi connectivity index (χ1v) is 13.2. The molecule has 0 amide bonds. The van der Waals surface area contributed by atoms with Crippen molar-refractivity contribution >= 4 is 9.84 Å². The molecule has 2 saturated carbocycles. The van der Waals surface area contributed by atoms with Gasteiger partial charge in [-0.3, -0.25) is 0 Å². The second kappa shape index (κ2) is 10.5. The minimum absolute atomic E-state index is 0.364. The molecule has 0 aliphatic heterocycles. The van der Waals surface area contributed by atoms with Crippen LogP contribution in [0, 0.1) is 17.8 Å². The Kier molecular flexibility index (Phi) is 8.97. The van der Waals surface area contributed by atoms with Gasteiger partial charge in [0.25, 0.3) is 0 Å². The lowest BCUT2D eigenvalue weighted by Gasteiger charge is -2.39. The van der Waals surface area contributed by atoms with Crippen molar-refractivity contribution in [2.45, 2.75) is 122 Å². The highest BCUT2D eigenvalue weighted by atomic mass is 32.2. The fraction of sp³-hybridized carbons (Fsp3) is 1.00. The van der Waals surface area contributed by atoms with Gasteiger partial charge in [-0.25, -0.2) is 8.42 Å². The summed E-state index contributed by atoms with van der Waals surface area (Å²) in [7, 11) is -2.93. The smallest absolute Gasteiger partial charge is 0.155 e. The van der Waals surface area contributed by atoms with Crippen LogP contribution in [-0.2, 0) is 9.84 Å². The van der Waals surface area contributed by atoms with E-state index in [1.807, 2.05) is 20.8 Å². The maximum absolute atomic E-state index is 12.1. The Labute approximate surface area is 163 Å². The Hall–Kier alpha value is -0.0500.